The van der Waals surface area contributed by atoms with Gasteiger partial charge in [0, 0.05) is 38.3 Å². The quantitative estimate of drug-likeness (QED) is 0.0215. The number of aromatic nitrogens is 2. The molecule has 8 amide bonds. The van der Waals surface area contributed by atoms with E-state index in [0.29, 0.717) is 31.5 Å². The van der Waals surface area contributed by atoms with Gasteiger partial charge in [0.15, 0.2) is 5.96 Å². The number of nitrogens with two attached hydrogens (primary N) is 5. The van der Waals surface area contributed by atoms with Crippen molar-refractivity contribution in [2.45, 2.75) is 135 Å². The highest BCUT2D eigenvalue weighted by molar-refractivity contribution is 5.97. The van der Waals surface area contributed by atoms with Gasteiger partial charge in [-0.25, -0.2) is 4.98 Å². The molecule has 0 unspecified atom stereocenters. The van der Waals surface area contributed by atoms with Crippen molar-refractivity contribution >= 4 is 53.2 Å². The lowest BCUT2D eigenvalue weighted by Gasteiger charge is -2.29. The molecule has 1 heterocycles. The fraction of sp³-hybridized carbons (Fsp3) is 0.600. The van der Waals surface area contributed by atoms with E-state index in [1.807, 2.05) is 26.8 Å². The van der Waals surface area contributed by atoms with Crippen LogP contribution in [0.1, 0.15) is 90.8 Å². The van der Waals surface area contributed by atoms with Crippen LogP contribution < -0.4 is 60.6 Å². The van der Waals surface area contributed by atoms with Crippen LogP contribution in [0.4, 0.5) is 0 Å². The number of carbonyl (C=O) groups excluding carboxylic acids is 8. The van der Waals surface area contributed by atoms with E-state index in [-0.39, 0.29) is 62.9 Å². The molecule has 23 heteroatoms. The molecule has 2 aromatic rings. The Morgan fingerprint density at radius 2 is 1.37 bits per heavy atom. The summed E-state index contributed by atoms with van der Waals surface area (Å²) in [6.07, 6.45) is 5.26. The molecule has 378 valence electrons. The molecular formula is C45H75N15O8. The number of aliphatic imine (C=N–C) groups is 1. The molecule has 23 nitrogen and oxygen atoms in total. The number of nitrogens with one attached hydrogen (secondary N) is 7. The first-order valence-corrected chi connectivity index (χ1v) is 23.0. The first kappa shape index (κ1) is 57.5. The molecule has 1 aromatic carbocycles. The lowest BCUT2D eigenvalue weighted by molar-refractivity contribution is -0.140. The minimum Gasteiger partial charge on any atom is -0.370 e. The van der Waals surface area contributed by atoms with E-state index in [9.17, 15) is 38.4 Å². The van der Waals surface area contributed by atoms with Crippen LogP contribution in [-0.4, -0.2) is 137 Å². The Labute approximate surface area is 398 Å². The van der Waals surface area contributed by atoms with E-state index in [1.54, 1.807) is 31.2 Å². The second-order valence-corrected chi connectivity index (χ2v) is 17.4. The summed E-state index contributed by atoms with van der Waals surface area (Å²) in [6.45, 7) is 8.64. The number of unbranched alkanes of at least 4 members (excludes halogenated alkanes) is 1. The van der Waals surface area contributed by atoms with Gasteiger partial charge in [0.1, 0.15) is 36.3 Å². The van der Waals surface area contributed by atoms with Crippen LogP contribution in [0.25, 0.3) is 0 Å². The first-order valence-electron chi connectivity index (χ1n) is 23.0. The Morgan fingerprint density at radius 1 is 0.735 bits per heavy atom. The summed E-state index contributed by atoms with van der Waals surface area (Å²) in [5.74, 6) is -6.06. The van der Waals surface area contributed by atoms with Crippen molar-refractivity contribution in [2.75, 3.05) is 26.7 Å². The number of hydrogen-bond acceptors (Lipinski definition) is 12. The number of rotatable bonds is 31. The third-order valence-electron chi connectivity index (χ3n) is 11.1. The molecule has 0 aliphatic rings. The molecule has 0 saturated heterocycles. The molecule has 0 aliphatic carbocycles. The number of nitrogens with zero attached hydrogens (tertiary/aromatic N) is 3. The van der Waals surface area contributed by atoms with Crippen molar-refractivity contribution in [2.24, 2.45) is 45.5 Å². The maximum Gasteiger partial charge on any atom is 0.245 e. The number of benzene rings is 1. The topological polar surface area (TPSA) is 383 Å². The van der Waals surface area contributed by atoms with Crippen molar-refractivity contribution in [1.29, 1.82) is 0 Å². The molecule has 0 fully saturated rings. The van der Waals surface area contributed by atoms with Gasteiger partial charge in [-0.2, -0.15) is 0 Å². The van der Waals surface area contributed by atoms with Crippen LogP contribution in [0, 0.1) is 11.8 Å². The summed E-state index contributed by atoms with van der Waals surface area (Å²) in [5.41, 5.74) is 29.8. The number of aromatic amines is 1. The third-order valence-corrected chi connectivity index (χ3v) is 11.1. The Kier molecular flexibility index (Phi) is 25.3. The summed E-state index contributed by atoms with van der Waals surface area (Å²) >= 11 is 0. The van der Waals surface area contributed by atoms with Gasteiger partial charge < -0.3 is 70.5 Å². The van der Waals surface area contributed by atoms with E-state index in [1.165, 1.54) is 26.5 Å². The van der Waals surface area contributed by atoms with Crippen LogP contribution in [-0.2, 0) is 51.2 Å². The van der Waals surface area contributed by atoms with Crippen molar-refractivity contribution < 1.29 is 38.4 Å². The zero-order valence-electron chi connectivity index (χ0n) is 40.2. The number of carbonyl (C=O) groups is 8. The van der Waals surface area contributed by atoms with Gasteiger partial charge in [0.05, 0.1) is 18.9 Å². The predicted molar refractivity (Wildman–Crippen MR) is 256 cm³/mol. The number of guanidine groups is 1. The Bertz CT molecular complexity index is 1960. The SMILES string of the molecule is CC[C@H](C)[C@H](NC(=O)[C@H](CC(C)C)NC(=O)CN(C)C(=O)[C@H](CCCN=C(N)N)NC(=O)[C@H](CCCCN)NC(=O)[C@H](C)NC(=O)[C@@H](N)Cc1cnc[nH]1)C(=O)N[C@@H](Cc1ccccc1)C(N)=O. The Hall–Kier alpha value is -6.62. The number of imidazole rings is 1. The second kappa shape index (κ2) is 29.9. The molecule has 8 atom stereocenters. The van der Waals surface area contributed by atoms with Crippen LogP contribution >= 0.6 is 0 Å². The zero-order valence-corrected chi connectivity index (χ0v) is 40.2. The smallest absolute Gasteiger partial charge is 0.245 e. The fourth-order valence-corrected chi connectivity index (χ4v) is 7.00. The van der Waals surface area contributed by atoms with Gasteiger partial charge in [-0.05, 0) is 69.4 Å². The van der Waals surface area contributed by atoms with Gasteiger partial charge >= 0.3 is 0 Å². The lowest BCUT2D eigenvalue weighted by Crippen LogP contribution is -2.59. The molecule has 17 N–H and O–H groups in total. The zero-order chi connectivity index (χ0) is 50.9. The Balaban J connectivity index is 2.24. The van der Waals surface area contributed by atoms with Crippen molar-refractivity contribution in [3.8, 4) is 0 Å². The van der Waals surface area contributed by atoms with Crippen LogP contribution in [0.5, 0.6) is 0 Å². The van der Waals surface area contributed by atoms with Crippen molar-refractivity contribution in [3.63, 3.8) is 0 Å². The summed E-state index contributed by atoms with van der Waals surface area (Å²) in [6, 6.07) is 1.26. The normalized spacial score (nSPS) is 14.6. The van der Waals surface area contributed by atoms with Gasteiger partial charge in [0.2, 0.25) is 47.3 Å². The average Bonchev–Trinajstić information content (AvgIpc) is 3.80. The Morgan fingerprint density at radius 3 is 1.96 bits per heavy atom. The minimum atomic E-state index is -1.23. The molecule has 0 bridgehead atoms. The molecule has 0 spiro atoms. The van der Waals surface area contributed by atoms with E-state index < -0.39 is 96.1 Å². The van der Waals surface area contributed by atoms with Gasteiger partial charge in [-0.1, -0.05) is 64.4 Å². The largest absolute Gasteiger partial charge is 0.370 e. The van der Waals surface area contributed by atoms with E-state index in [2.05, 4.69) is 46.9 Å². The third kappa shape index (κ3) is 20.9. The highest BCUT2D eigenvalue weighted by Gasteiger charge is 2.34. The molecular weight excluding hydrogens is 879 g/mol. The monoisotopic (exact) mass is 954 g/mol. The van der Waals surface area contributed by atoms with E-state index in [4.69, 9.17) is 28.7 Å². The van der Waals surface area contributed by atoms with Crippen molar-refractivity contribution in [1.82, 2.24) is 46.8 Å². The molecule has 2 rings (SSSR count). The van der Waals surface area contributed by atoms with Crippen LogP contribution in [0.15, 0.2) is 47.8 Å². The molecule has 0 saturated carbocycles. The number of amides is 8. The summed E-state index contributed by atoms with van der Waals surface area (Å²) in [5, 5.41) is 16.1. The number of hydrogen-bond donors (Lipinski definition) is 12. The lowest BCUT2D eigenvalue weighted by atomic mass is 9.96. The highest BCUT2D eigenvalue weighted by atomic mass is 16.2. The maximum absolute atomic E-state index is 14.1. The van der Waals surface area contributed by atoms with Crippen molar-refractivity contribution in [3.05, 3.63) is 54.1 Å². The second-order valence-electron chi connectivity index (χ2n) is 17.4. The van der Waals surface area contributed by atoms with Crippen LogP contribution in [0.2, 0.25) is 0 Å². The van der Waals surface area contributed by atoms with Gasteiger partial charge in [-0.15, -0.1) is 0 Å². The summed E-state index contributed by atoms with van der Waals surface area (Å²) in [4.78, 5) is 120. The number of likely N-dealkylation sites (N-methyl/N-ethyl adjacent to an activating group) is 1. The number of H-pyrrole nitrogens is 1. The highest BCUT2D eigenvalue weighted by Crippen LogP contribution is 2.13. The fourth-order valence-electron chi connectivity index (χ4n) is 7.00. The number of primary amides is 1. The molecule has 68 heavy (non-hydrogen) atoms. The van der Waals surface area contributed by atoms with E-state index >= 15 is 0 Å². The summed E-state index contributed by atoms with van der Waals surface area (Å²) < 4.78 is 0. The van der Waals surface area contributed by atoms with Gasteiger partial charge in [-0.3, -0.25) is 43.3 Å². The average molecular weight is 954 g/mol. The molecule has 1 aromatic heterocycles. The van der Waals surface area contributed by atoms with Crippen LogP contribution in [0.3, 0.4) is 0 Å². The standard InChI is InChI=1S/C45H75N15O8/c1-7-27(4)37(43(67)58-34(38(48)62)21-29-14-9-8-10-15-29)59-42(66)35(20-26(2)3)55-36(61)24-60(6)44(68)33(17-13-19-52-45(49)50)57-41(65)32(16-11-12-18-46)56-39(63)28(5)54-40(64)31(47)22-30-23-51-25-53-30/h8-10,14-15,23,25-28,31-35,37H,7,11-13,16-22,24,46-47H2,1-6H3,(H2,48,62)(H,51,53)(H,54,64)(H,55,61)(H,56,63)(H,57,65)(H,58,67)(H,59,66)(H4,49,50,52)/t27-,28-,31-,32-,33-,34-,35-,37-/m0/s1. The van der Waals surface area contributed by atoms with E-state index in [0.717, 1.165) is 10.5 Å². The minimum absolute atomic E-state index is 0.0247. The predicted octanol–water partition coefficient (Wildman–Crippen LogP) is -2.33. The molecule has 0 aliphatic heterocycles. The summed E-state index contributed by atoms with van der Waals surface area (Å²) in [7, 11) is 1.35. The molecule has 0 radical (unpaired) electrons. The van der Waals surface area contributed by atoms with Gasteiger partial charge in [0.25, 0.3) is 0 Å². The first-order chi connectivity index (χ1) is 32.2. The maximum atomic E-state index is 14.1.